The Morgan fingerprint density at radius 2 is 2.20 bits per heavy atom. The van der Waals surface area contributed by atoms with E-state index in [4.69, 9.17) is 0 Å². The summed E-state index contributed by atoms with van der Waals surface area (Å²) in [6.07, 6.45) is 6.37. The molecule has 5 nitrogen and oxygen atoms in total. The number of allylic oxidation sites excluding steroid dienone is 2. The van der Waals surface area contributed by atoms with Crippen molar-refractivity contribution >= 4 is 12.4 Å². The van der Waals surface area contributed by atoms with E-state index in [1.165, 1.54) is 10.9 Å². The molecule has 1 aromatic heterocycles. The van der Waals surface area contributed by atoms with Crippen LogP contribution in [0.4, 0.5) is 4.79 Å². The third-order valence-electron chi connectivity index (χ3n) is 2.83. The third-order valence-corrected chi connectivity index (χ3v) is 2.83. The summed E-state index contributed by atoms with van der Waals surface area (Å²) in [5, 5.41) is 0. The summed E-state index contributed by atoms with van der Waals surface area (Å²) in [4.78, 5) is 20.2. The van der Waals surface area contributed by atoms with Crippen molar-refractivity contribution in [3.05, 3.63) is 30.1 Å². The Morgan fingerprint density at radius 3 is 2.67 bits per heavy atom. The fourth-order valence-electron chi connectivity index (χ4n) is 1.52. The predicted molar refractivity (Wildman–Crippen MR) is 56.1 cm³/mol. The molecule has 0 saturated heterocycles. The van der Waals surface area contributed by atoms with Gasteiger partial charge in [0.1, 0.15) is 12.0 Å². The summed E-state index contributed by atoms with van der Waals surface area (Å²) >= 11 is 0. The molecule has 78 valence electrons. The van der Waals surface area contributed by atoms with Gasteiger partial charge < -0.3 is 0 Å². The van der Waals surface area contributed by atoms with Gasteiger partial charge in [0.25, 0.3) is 0 Å². The molecule has 0 fully saturated rings. The van der Waals surface area contributed by atoms with Crippen molar-refractivity contribution in [3.8, 4) is 0 Å². The summed E-state index contributed by atoms with van der Waals surface area (Å²) in [6, 6.07) is -0.0781. The van der Waals surface area contributed by atoms with Crippen molar-refractivity contribution in [3.63, 3.8) is 0 Å². The van der Waals surface area contributed by atoms with Crippen LogP contribution in [0.1, 0.15) is 13.8 Å². The second kappa shape index (κ2) is 3.13. The maximum absolute atomic E-state index is 12.2. The molecule has 0 bridgehead atoms. The Balaban J connectivity index is 2.41. The Labute approximate surface area is 88.0 Å². The average Bonchev–Trinajstić information content (AvgIpc) is 2.83. The summed E-state index contributed by atoms with van der Waals surface area (Å²) in [7, 11) is 1.82. The van der Waals surface area contributed by atoms with Gasteiger partial charge in [0.15, 0.2) is 0 Å². The largest absolute Gasteiger partial charge is 0.439 e. The lowest BCUT2D eigenvalue weighted by Gasteiger charge is -2.22. The fourth-order valence-corrected chi connectivity index (χ4v) is 1.52. The lowest BCUT2D eigenvalue weighted by Crippen LogP contribution is -2.47. The number of carbonyl (C=O) groups is 1. The van der Waals surface area contributed by atoms with Crippen molar-refractivity contribution in [1.29, 1.82) is 0 Å². The maximum atomic E-state index is 12.2. The molecular formula is C10H13N4O+. The Bertz CT molecular complexity index is 458. The molecule has 0 radical (unpaired) electrons. The van der Waals surface area contributed by atoms with Crippen LogP contribution in [0.2, 0.25) is 0 Å². The number of hydrogen-bond acceptors (Lipinski definition) is 3. The standard InChI is InChI=1S/C10H13N4O/c1-8-9(2)14(3,7-12-8)10(15)13-5-4-11-6-13/h4-7H,1-3H3/q+1. The lowest BCUT2D eigenvalue weighted by molar-refractivity contribution is -0.681. The number of imidazole rings is 1. The topological polar surface area (TPSA) is 47.2 Å². The fraction of sp³-hybridized carbons (Fsp3) is 0.300. The van der Waals surface area contributed by atoms with Crippen LogP contribution in [0.5, 0.6) is 0 Å². The molecular weight excluding hydrogens is 192 g/mol. The molecule has 1 aliphatic heterocycles. The Kier molecular flexibility index (Phi) is 2.04. The van der Waals surface area contributed by atoms with Crippen LogP contribution >= 0.6 is 0 Å². The molecule has 0 spiro atoms. The van der Waals surface area contributed by atoms with Gasteiger partial charge in [-0.2, -0.15) is 4.48 Å². The van der Waals surface area contributed by atoms with Gasteiger partial charge in [-0.15, -0.1) is 0 Å². The smallest absolute Gasteiger partial charge is 0.245 e. The summed E-state index contributed by atoms with van der Waals surface area (Å²) in [6.45, 7) is 3.81. The van der Waals surface area contributed by atoms with E-state index in [1.807, 2.05) is 20.9 Å². The van der Waals surface area contributed by atoms with Gasteiger partial charge in [-0.3, -0.25) is 0 Å². The second-order valence-corrected chi connectivity index (χ2v) is 3.74. The monoisotopic (exact) mass is 205 g/mol. The van der Waals surface area contributed by atoms with E-state index in [0.717, 1.165) is 11.4 Å². The average molecular weight is 205 g/mol. The maximum Gasteiger partial charge on any atom is 0.439 e. The highest BCUT2D eigenvalue weighted by Crippen LogP contribution is 2.24. The van der Waals surface area contributed by atoms with Crippen LogP contribution < -0.4 is 0 Å². The van der Waals surface area contributed by atoms with E-state index in [9.17, 15) is 4.79 Å². The molecule has 1 aliphatic rings. The molecule has 1 unspecified atom stereocenters. The highest BCUT2D eigenvalue weighted by Gasteiger charge is 2.39. The number of nitrogens with zero attached hydrogens (tertiary/aromatic N) is 4. The zero-order valence-electron chi connectivity index (χ0n) is 9.01. The van der Waals surface area contributed by atoms with E-state index in [1.54, 1.807) is 18.7 Å². The van der Waals surface area contributed by atoms with Crippen LogP contribution in [0.15, 0.2) is 35.1 Å². The molecule has 1 amide bonds. The molecule has 0 saturated carbocycles. The van der Waals surface area contributed by atoms with Crippen molar-refractivity contribution in [2.75, 3.05) is 7.05 Å². The van der Waals surface area contributed by atoms with E-state index in [-0.39, 0.29) is 10.5 Å². The lowest BCUT2D eigenvalue weighted by atomic mass is 10.3. The van der Waals surface area contributed by atoms with Crippen LogP contribution in [-0.2, 0) is 0 Å². The first-order valence-electron chi connectivity index (χ1n) is 4.68. The van der Waals surface area contributed by atoms with Gasteiger partial charge in [0, 0.05) is 19.3 Å². The molecule has 0 aliphatic carbocycles. The number of aromatic nitrogens is 2. The van der Waals surface area contributed by atoms with Crippen LogP contribution in [0.25, 0.3) is 0 Å². The molecule has 5 heteroatoms. The molecule has 15 heavy (non-hydrogen) atoms. The number of rotatable bonds is 0. The first kappa shape index (κ1) is 9.79. The molecule has 0 N–H and O–H groups in total. The van der Waals surface area contributed by atoms with Crippen LogP contribution in [-0.4, -0.2) is 33.5 Å². The summed E-state index contributed by atoms with van der Waals surface area (Å²) in [5.41, 5.74) is 1.83. The van der Waals surface area contributed by atoms with Crippen molar-refractivity contribution in [2.24, 2.45) is 4.99 Å². The number of carbonyl (C=O) groups excluding carboxylic acids is 1. The van der Waals surface area contributed by atoms with Gasteiger partial charge >= 0.3 is 6.03 Å². The quantitative estimate of drug-likeness (QED) is 0.604. The zero-order chi connectivity index (χ0) is 11.1. The van der Waals surface area contributed by atoms with E-state index < -0.39 is 0 Å². The molecule has 1 atom stereocenters. The number of aliphatic imine (C=N–C) groups is 1. The second-order valence-electron chi connectivity index (χ2n) is 3.74. The third kappa shape index (κ3) is 1.32. The van der Waals surface area contributed by atoms with E-state index >= 15 is 0 Å². The number of hydrogen-bond donors (Lipinski definition) is 0. The normalized spacial score (nSPS) is 25.0. The Hall–Kier alpha value is -1.75. The highest BCUT2D eigenvalue weighted by atomic mass is 16.2. The van der Waals surface area contributed by atoms with Gasteiger partial charge in [-0.1, -0.05) is 0 Å². The van der Waals surface area contributed by atoms with Crippen molar-refractivity contribution < 1.29 is 9.28 Å². The van der Waals surface area contributed by atoms with Crippen molar-refractivity contribution in [1.82, 2.24) is 9.55 Å². The first-order valence-corrected chi connectivity index (χ1v) is 4.68. The predicted octanol–water partition coefficient (Wildman–Crippen LogP) is 1.59. The summed E-state index contributed by atoms with van der Waals surface area (Å²) in [5.74, 6) is 0. The van der Waals surface area contributed by atoms with Crippen LogP contribution in [0, 0.1) is 0 Å². The Morgan fingerprint density at radius 1 is 1.47 bits per heavy atom. The molecule has 0 aromatic carbocycles. The van der Waals surface area contributed by atoms with Gasteiger partial charge in [0.2, 0.25) is 6.34 Å². The zero-order valence-corrected chi connectivity index (χ0v) is 9.01. The molecule has 2 heterocycles. The minimum absolute atomic E-state index is 0.0781. The first-order chi connectivity index (χ1) is 7.05. The summed E-state index contributed by atoms with van der Waals surface area (Å²) < 4.78 is 1.55. The van der Waals surface area contributed by atoms with E-state index in [2.05, 4.69) is 9.98 Å². The molecule has 1 aromatic rings. The van der Waals surface area contributed by atoms with Crippen LogP contribution in [0.3, 0.4) is 0 Å². The highest BCUT2D eigenvalue weighted by molar-refractivity contribution is 5.80. The minimum Gasteiger partial charge on any atom is -0.245 e. The SMILES string of the molecule is CC1=C(C)[N+](C)(C(=O)n2ccnc2)C=N1. The van der Waals surface area contributed by atoms with Gasteiger partial charge in [-0.05, 0) is 6.92 Å². The van der Waals surface area contributed by atoms with Crippen molar-refractivity contribution in [2.45, 2.75) is 13.8 Å². The number of quaternary nitrogens is 1. The van der Waals surface area contributed by atoms with Gasteiger partial charge in [0.05, 0.1) is 12.7 Å². The minimum atomic E-state index is -0.0781. The van der Waals surface area contributed by atoms with E-state index in [0.29, 0.717) is 0 Å². The molecule has 2 rings (SSSR count). The number of amides is 1. The van der Waals surface area contributed by atoms with Gasteiger partial charge in [-0.25, -0.2) is 19.3 Å².